The summed E-state index contributed by atoms with van der Waals surface area (Å²) in [6.07, 6.45) is 1.62. The first-order chi connectivity index (χ1) is 11.8. The number of halogens is 2. The van der Waals surface area contributed by atoms with Crippen molar-refractivity contribution in [2.24, 2.45) is 0 Å². The van der Waals surface area contributed by atoms with Crippen LogP contribution in [0, 0.1) is 0 Å². The number of hydrogen-bond acceptors (Lipinski definition) is 3. The van der Waals surface area contributed by atoms with Gasteiger partial charge in [0, 0.05) is 11.6 Å². The summed E-state index contributed by atoms with van der Waals surface area (Å²) in [5.74, 6) is -0.0657. The van der Waals surface area contributed by atoms with Crippen molar-refractivity contribution >= 4 is 39.1 Å². The number of benzene rings is 1. The SMILES string of the molecule is C=CCNC(=O)[C@@H](C)[NH+]1CCN(S(=O)(=O)c2cc(Cl)ccc2Cl)CC1. The molecule has 9 heteroatoms. The number of carbonyl (C=O) groups is 1. The Bertz CT molecular complexity index is 747. The minimum Gasteiger partial charge on any atom is -0.347 e. The normalized spacial score (nSPS) is 17.9. The van der Waals surface area contributed by atoms with Gasteiger partial charge in [-0.25, -0.2) is 8.42 Å². The first kappa shape index (κ1) is 20.2. The zero-order valence-electron chi connectivity index (χ0n) is 14.0. The predicted molar refractivity (Wildman–Crippen MR) is 98.6 cm³/mol. The zero-order valence-corrected chi connectivity index (χ0v) is 16.3. The molecule has 0 aliphatic carbocycles. The molecule has 25 heavy (non-hydrogen) atoms. The van der Waals surface area contributed by atoms with Crippen molar-refractivity contribution in [2.75, 3.05) is 32.7 Å². The molecule has 1 aromatic carbocycles. The van der Waals surface area contributed by atoms with Crippen LogP contribution in [0.3, 0.4) is 0 Å². The van der Waals surface area contributed by atoms with Crippen molar-refractivity contribution in [1.82, 2.24) is 9.62 Å². The van der Waals surface area contributed by atoms with Gasteiger partial charge >= 0.3 is 0 Å². The highest BCUT2D eigenvalue weighted by molar-refractivity contribution is 7.89. The number of nitrogens with zero attached hydrogens (tertiary/aromatic N) is 1. The molecule has 0 bridgehead atoms. The summed E-state index contributed by atoms with van der Waals surface area (Å²) in [5.41, 5.74) is 0. The third-order valence-corrected chi connectivity index (χ3v) is 6.92. The van der Waals surface area contributed by atoms with E-state index in [9.17, 15) is 13.2 Å². The average Bonchev–Trinajstić information content (AvgIpc) is 2.61. The standard InChI is InChI=1S/C16H21Cl2N3O3S/c1-3-6-19-16(22)12(2)20-7-9-21(10-8-20)25(23,24)15-11-13(17)4-5-14(15)18/h3-5,11-12H,1,6-10H2,2H3,(H,19,22)/p+1/t12-/m1/s1. The molecule has 0 saturated carbocycles. The second kappa shape index (κ2) is 8.51. The molecule has 1 saturated heterocycles. The molecule has 2 rings (SSSR count). The molecule has 1 heterocycles. The van der Waals surface area contributed by atoms with Crippen molar-refractivity contribution in [3.05, 3.63) is 40.9 Å². The number of rotatable bonds is 6. The summed E-state index contributed by atoms with van der Waals surface area (Å²) < 4.78 is 27.0. The Morgan fingerprint density at radius 1 is 1.40 bits per heavy atom. The van der Waals surface area contributed by atoms with Crippen LogP contribution in [0.15, 0.2) is 35.7 Å². The molecule has 6 nitrogen and oxygen atoms in total. The van der Waals surface area contributed by atoms with Gasteiger partial charge in [-0.15, -0.1) is 6.58 Å². The average molecular weight is 407 g/mol. The monoisotopic (exact) mass is 406 g/mol. The van der Waals surface area contributed by atoms with Gasteiger partial charge in [0.05, 0.1) is 31.2 Å². The second-order valence-corrected chi connectivity index (χ2v) is 8.64. The Kier molecular flexibility index (Phi) is 6.87. The number of nitrogens with one attached hydrogen (secondary N) is 2. The number of sulfonamides is 1. The largest absolute Gasteiger partial charge is 0.347 e. The highest BCUT2D eigenvalue weighted by atomic mass is 35.5. The topological polar surface area (TPSA) is 70.9 Å². The maximum atomic E-state index is 12.8. The van der Waals surface area contributed by atoms with E-state index in [0.29, 0.717) is 37.7 Å². The van der Waals surface area contributed by atoms with Gasteiger partial charge in [-0.3, -0.25) is 4.79 Å². The van der Waals surface area contributed by atoms with Gasteiger partial charge in [0.1, 0.15) is 4.90 Å². The maximum Gasteiger partial charge on any atom is 0.278 e. The molecular weight excluding hydrogens is 385 g/mol. The fourth-order valence-electron chi connectivity index (χ4n) is 2.77. The highest BCUT2D eigenvalue weighted by Gasteiger charge is 2.35. The van der Waals surface area contributed by atoms with Crippen molar-refractivity contribution < 1.29 is 18.1 Å². The van der Waals surface area contributed by atoms with Crippen LogP contribution in [0.25, 0.3) is 0 Å². The van der Waals surface area contributed by atoms with Gasteiger partial charge in [0.15, 0.2) is 6.04 Å². The summed E-state index contributed by atoms with van der Waals surface area (Å²) >= 11 is 11.9. The zero-order chi connectivity index (χ0) is 18.6. The van der Waals surface area contributed by atoms with Crippen molar-refractivity contribution in [1.29, 1.82) is 0 Å². The lowest BCUT2D eigenvalue weighted by atomic mass is 10.2. The number of carbonyl (C=O) groups excluding carboxylic acids is 1. The van der Waals surface area contributed by atoms with Crippen LogP contribution >= 0.6 is 23.2 Å². The summed E-state index contributed by atoms with van der Waals surface area (Å²) in [4.78, 5) is 13.1. The number of quaternary nitrogens is 1. The Hall–Kier alpha value is -1.12. The van der Waals surface area contributed by atoms with Gasteiger partial charge < -0.3 is 10.2 Å². The fraction of sp³-hybridized carbons (Fsp3) is 0.438. The molecular formula is C16H22Cl2N3O3S+. The number of amides is 1. The number of hydrogen-bond donors (Lipinski definition) is 2. The molecule has 138 valence electrons. The van der Waals surface area contributed by atoms with Crippen molar-refractivity contribution in [2.45, 2.75) is 17.9 Å². The molecule has 1 aliphatic rings. The second-order valence-electron chi connectivity index (χ2n) is 5.89. The van der Waals surface area contributed by atoms with Gasteiger partial charge in [0.2, 0.25) is 10.0 Å². The summed E-state index contributed by atoms with van der Waals surface area (Å²) in [7, 11) is -3.71. The smallest absolute Gasteiger partial charge is 0.278 e. The Labute approximate surface area is 158 Å². The maximum absolute atomic E-state index is 12.8. The Morgan fingerprint density at radius 2 is 2.04 bits per heavy atom. The van der Waals surface area contributed by atoms with E-state index in [1.165, 1.54) is 16.4 Å². The van der Waals surface area contributed by atoms with Crippen LogP contribution in [0.5, 0.6) is 0 Å². The summed E-state index contributed by atoms with van der Waals surface area (Å²) in [6.45, 7) is 7.55. The van der Waals surface area contributed by atoms with E-state index in [1.807, 2.05) is 6.92 Å². The molecule has 0 spiro atoms. The van der Waals surface area contributed by atoms with Crippen LogP contribution in [0.4, 0.5) is 0 Å². The molecule has 0 unspecified atom stereocenters. The van der Waals surface area contributed by atoms with E-state index in [4.69, 9.17) is 23.2 Å². The molecule has 1 aromatic rings. The first-order valence-corrected chi connectivity index (χ1v) is 10.2. The fourth-order valence-corrected chi connectivity index (χ4v) is 4.95. The minimum atomic E-state index is -3.71. The quantitative estimate of drug-likeness (QED) is 0.678. The summed E-state index contributed by atoms with van der Waals surface area (Å²) in [5, 5.41) is 3.24. The molecule has 0 radical (unpaired) electrons. The lowest BCUT2D eigenvalue weighted by Gasteiger charge is -2.34. The van der Waals surface area contributed by atoms with Crippen LogP contribution in [0.2, 0.25) is 10.0 Å². The summed E-state index contributed by atoms with van der Waals surface area (Å²) in [6, 6.07) is 4.14. The van der Waals surface area contributed by atoms with Crippen molar-refractivity contribution in [3.63, 3.8) is 0 Å². The Balaban J connectivity index is 2.05. The van der Waals surface area contributed by atoms with Crippen LogP contribution < -0.4 is 10.2 Å². The molecule has 1 atom stereocenters. The highest BCUT2D eigenvalue weighted by Crippen LogP contribution is 2.27. The van der Waals surface area contributed by atoms with E-state index >= 15 is 0 Å². The van der Waals surface area contributed by atoms with E-state index in [-0.39, 0.29) is 21.9 Å². The van der Waals surface area contributed by atoms with Crippen LogP contribution in [0.1, 0.15) is 6.92 Å². The lowest BCUT2D eigenvalue weighted by Crippen LogP contribution is -3.19. The Morgan fingerprint density at radius 3 is 2.64 bits per heavy atom. The van der Waals surface area contributed by atoms with E-state index in [2.05, 4.69) is 11.9 Å². The van der Waals surface area contributed by atoms with Gasteiger partial charge in [-0.05, 0) is 25.1 Å². The van der Waals surface area contributed by atoms with Crippen LogP contribution in [-0.2, 0) is 14.8 Å². The van der Waals surface area contributed by atoms with Gasteiger partial charge in [0.25, 0.3) is 5.91 Å². The molecule has 2 N–H and O–H groups in total. The van der Waals surface area contributed by atoms with Crippen LogP contribution in [-0.4, -0.2) is 57.4 Å². The third-order valence-electron chi connectivity index (χ3n) is 4.30. The van der Waals surface area contributed by atoms with E-state index in [1.54, 1.807) is 12.1 Å². The molecule has 1 aliphatic heterocycles. The molecule has 1 amide bonds. The van der Waals surface area contributed by atoms with Gasteiger partial charge in [-0.1, -0.05) is 29.3 Å². The minimum absolute atomic E-state index is 0.0156. The van der Waals surface area contributed by atoms with E-state index in [0.717, 1.165) is 4.90 Å². The first-order valence-electron chi connectivity index (χ1n) is 7.95. The lowest BCUT2D eigenvalue weighted by molar-refractivity contribution is -0.917. The van der Waals surface area contributed by atoms with Gasteiger partial charge in [-0.2, -0.15) is 4.31 Å². The number of piperazine rings is 1. The predicted octanol–water partition coefficient (Wildman–Crippen LogP) is 0.573. The molecule has 1 fully saturated rings. The van der Waals surface area contributed by atoms with Crippen molar-refractivity contribution in [3.8, 4) is 0 Å². The molecule has 0 aromatic heterocycles. The third kappa shape index (κ3) is 4.74. The van der Waals surface area contributed by atoms with E-state index < -0.39 is 10.0 Å².